The summed E-state index contributed by atoms with van der Waals surface area (Å²) in [5, 5.41) is 2.44. The minimum atomic E-state index is -3.57. The van der Waals surface area contributed by atoms with Gasteiger partial charge in [-0.15, -0.1) is 11.8 Å². The summed E-state index contributed by atoms with van der Waals surface area (Å²) >= 11 is 1.27. The van der Waals surface area contributed by atoms with Crippen LogP contribution >= 0.6 is 11.8 Å². The van der Waals surface area contributed by atoms with E-state index in [9.17, 15) is 13.6 Å². The molecule has 1 unspecified atom stereocenters. The van der Waals surface area contributed by atoms with Gasteiger partial charge in [0.2, 0.25) is 0 Å². The minimum absolute atomic E-state index is 0.0521. The lowest BCUT2D eigenvalue weighted by atomic mass is 10.2. The lowest BCUT2D eigenvalue weighted by molar-refractivity contribution is -0.166. The number of rotatable bonds is 3. The average Bonchev–Trinajstić information content (AvgIpc) is 2.46. The molecule has 0 aromatic heterocycles. The number of carbonyl (C=O) groups is 1. The van der Waals surface area contributed by atoms with Gasteiger partial charge < -0.3 is 10.1 Å². The molecule has 1 heterocycles. The van der Waals surface area contributed by atoms with E-state index in [1.165, 1.54) is 18.7 Å². The largest absolute Gasteiger partial charge is 0.461 e. The first kappa shape index (κ1) is 12.3. The third kappa shape index (κ3) is 2.42. The third-order valence-corrected chi connectivity index (χ3v) is 2.93. The molecule has 1 atom stereocenters. The van der Waals surface area contributed by atoms with Gasteiger partial charge in [-0.3, -0.25) is 0 Å². The summed E-state index contributed by atoms with van der Waals surface area (Å²) in [6.45, 7) is 4.75. The van der Waals surface area contributed by atoms with Crippen LogP contribution in [0.3, 0.4) is 0 Å². The van der Waals surface area contributed by atoms with Crippen molar-refractivity contribution in [3.8, 4) is 0 Å². The van der Waals surface area contributed by atoms with Crippen LogP contribution in [0.1, 0.15) is 20.8 Å². The van der Waals surface area contributed by atoms with E-state index in [0.29, 0.717) is 4.91 Å². The highest BCUT2D eigenvalue weighted by molar-refractivity contribution is 8.03. The van der Waals surface area contributed by atoms with Crippen LogP contribution in [0.4, 0.5) is 8.78 Å². The molecule has 1 aliphatic heterocycles. The van der Waals surface area contributed by atoms with Crippen molar-refractivity contribution in [1.82, 2.24) is 5.32 Å². The van der Waals surface area contributed by atoms with Crippen molar-refractivity contribution in [2.75, 3.05) is 6.61 Å². The first-order chi connectivity index (χ1) is 6.89. The lowest BCUT2D eigenvalue weighted by Crippen LogP contribution is -2.39. The summed E-state index contributed by atoms with van der Waals surface area (Å²) in [5.74, 6) is -5.07. The Balaban J connectivity index is 2.86. The topological polar surface area (TPSA) is 38.3 Å². The Hall–Kier alpha value is -0.780. The Bertz CT molecular complexity index is 304. The van der Waals surface area contributed by atoms with Gasteiger partial charge in [0.05, 0.1) is 12.0 Å². The average molecular weight is 237 g/mol. The van der Waals surface area contributed by atoms with E-state index in [1.54, 1.807) is 13.8 Å². The molecule has 0 aromatic carbocycles. The lowest BCUT2D eigenvalue weighted by Gasteiger charge is -2.17. The molecule has 0 aliphatic carbocycles. The van der Waals surface area contributed by atoms with Crippen LogP contribution in [-0.2, 0) is 9.53 Å². The fraction of sp³-hybridized carbons (Fsp3) is 0.667. The molecule has 1 aliphatic rings. The Morgan fingerprint density at radius 2 is 2.27 bits per heavy atom. The Kier molecular flexibility index (Phi) is 3.59. The van der Waals surface area contributed by atoms with Crippen LogP contribution in [0, 0.1) is 0 Å². The first-order valence-corrected chi connectivity index (χ1v) is 5.47. The predicted molar refractivity (Wildman–Crippen MR) is 54.5 cm³/mol. The van der Waals surface area contributed by atoms with Crippen LogP contribution in [0.5, 0.6) is 0 Å². The van der Waals surface area contributed by atoms with Crippen molar-refractivity contribution >= 4 is 17.7 Å². The van der Waals surface area contributed by atoms with Gasteiger partial charge in [0.25, 0.3) is 0 Å². The Morgan fingerprint density at radius 1 is 1.67 bits per heavy atom. The number of hydrogen-bond donors (Lipinski definition) is 1. The number of carbonyl (C=O) groups excluding carboxylic acids is 1. The van der Waals surface area contributed by atoms with E-state index in [1.807, 2.05) is 0 Å². The van der Waals surface area contributed by atoms with Crippen molar-refractivity contribution in [3.05, 3.63) is 10.6 Å². The molecule has 0 radical (unpaired) electrons. The number of nitrogens with one attached hydrogen (secondary N) is 1. The predicted octanol–water partition coefficient (Wildman–Crippen LogP) is 2.10. The van der Waals surface area contributed by atoms with E-state index in [4.69, 9.17) is 0 Å². The van der Waals surface area contributed by atoms with Crippen molar-refractivity contribution in [2.24, 2.45) is 0 Å². The second-order valence-electron chi connectivity index (χ2n) is 3.13. The normalized spacial score (nSPS) is 21.5. The van der Waals surface area contributed by atoms with Crippen LogP contribution in [0.25, 0.3) is 0 Å². The van der Waals surface area contributed by atoms with Crippen LogP contribution in [0.15, 0.2) is 10.6 Å². The van der Waals surface area contributed by atoms with Gasteiger partial charge in [0.1, 0.15) is 5.70 Å². The summed E-state index contributed by atoms with van der Waals surface area (Å²) in [6, 6.07) is 0. The van der Waals surface area contributed by atoms with Gasteiger partial charge in [-0.1, -0.05) is 0 Å². The number of esters is 1. The number of alkyl halides is 2. The van der Waals surface area contributed by atoms with E-state index in [-0.39, 0.29) is 17.7 Å². The molecule has 0 aromatic rings. The third-order valence-electron chi connectivity index (χ3n) is 1.90. The second-order valence-corrected chi connectivity index (χ2v) is 4.69. The van der Waals surface area contributed by atoms with Gasteiger partial charge in [0, 0.05) is 4.91 Å². The molecule has 6 heteroatoms. The molecule has 0 saturated carbocycles. The van der Waals surface area contributed by atoms with Gasteiger partial charge >= 0.3 is 11.9 Å². The Morgan fingerprint density at radius 3 is 2.67 bits per heavy atom. The summed E-state index contributed by atoms with van der Waals surface area (Å²) in [7, 11) is 0. The molecule has 86 valence electrons. The summed E-state index contributed by atoms with van der Waals surface area (Å²) in [5.41, 5.74) is -0.335. The van der Waals surface area contributed by atoms with Gasteiger partial charge in [-0.05, 0) is 20.8 Å². The Labute approximate surface area is 91.2 Å². The molecule has 1 rings (SSSR count). The van der Waals surface area contributed by atoms with Crippen molar-refractivity contribution in [3.63, 3.8) is 0 Å². The van der Waals surface area contributed by atoms with Crippen LogP contribution < -0.4 is 5.32 Å². The smallest absolute Gasteiger partial charge is 0.383 e. The zero-order chi connectivity index (χ0) is 11.6. The van der Waals surface area contributed by atoms with Gasteiger partial charge in [-0.2, -0.15) is 8.78 Å². The molecule has 1 N–H and O–H groups in total. The first-order valence-electron chi connectivity index (χ1n) is 4.59. The number of halogens is 2. The van der Waals surface area contributed by atoms with Crippen molar-refractivity contribution in [1.29, 1.82) is 0 Å². The maximum Gasteiger partial charge on any atom is 0.383 e. The zero-order valence-corrected chi connectivity index (χ0v) is 9.58. The van der Waals surface area contributed by atoms with E-state index < -0.39 is 11.9 Å². The molecule has 0 amide bonds. The van der Waals surface area contributed by atoms with E-state index in [2.05, 4.69) is 10.1 Å². The van der Waals surface area contributed by atoms with Gasteiger partial charge in [0.15, 0.2) is 0 Å². The molecule has 0 bridgehead atoms. The highest BCUT2D eigenvalue weighted by atomic mass is 32.2. The minimum Gasteiger partial charge on any atom is -0.461 e. The fourth-order valence-electron chi connectivity index (χ4n) is 1.29. The van der Waals surface area contributed by atoms with Crippen LogP contribution in [0.2, 0.25) is 0 Å². The number of hydrogen-bond acceptors (Lipinski definition) is 4. The quantitative estimate of drug-likeness (QED) is 0.763. The van der Waals surface area contributed by atoms with Crippen molar-refractivity contribution < 1.29 is 18.3 Å². The van der Waals surface area contributed by atoms with E-state index in [0.717, 1.165) is 0 Å². The summed E-state index contributed by atoms with van der Waals surface area (Å²) in [6.07, 6.45) is 0. The summed E-state index contributed by atoms with van der Waals surface area (Å²) < 4.78 is 31.4. The van der Waals surface area contributed by atoms with Crippen molar-refractivity contribution in [2.45, 2.75) is 32.1 Å². The molecular formula is C9H13F2NO2S. The number of ether oxygens (including phenoxy) is 1. The van der Waals surface area contributed by atoms with Crippen LogP contribution in [-0.4, -0.2) is 23.9 Å². The highest BCUT2D eigenvalue weighted by Gasteiger charge is 2.48. The highest BCUT2D eigenvalue weighted by Crippen LogP contribution is 2.37. The number of thioether (sulfide) groups is 1. The molecule has 0 spiro atoms. The molecule has 0 fully saturated rings. The standard InChI is InChI=1S/C9H13F2NO2S/c1-4-14-8(13)9(10,11)7-5(2)15-6(3)12-7/h6,12H,4H2,1-3H3. The monoisotopic (exact) mass is 237 g/mol. The number of allylic oxidation sites excluding steroid dienone is 1. The molecule has 3 nitrogen and oxygen atoms in total. The zero-order valence-electron chi connectivity index (χ0n) is 8.77. The van der Waals surface area contributed by atoms with E-state index >= 15 is 0 Å². The molecule has 0 saturated heterocycles. The molecule has 15 heavy (non-hydrogen) atoms. The SMILES string of the molecule is CCOC(=O)C(F)(F)C1=C(C)SC(C)N1. The second kappa shape index (κ2) is 4.38. The van der Waals surface area contributed by atoms with Gasteiger partial charge in [-0.25, -0.2) is 4.79 Å². The molecular weight excluding hydrogens is 224 g/mol. The maximum absolute atomic E-state index is 13.5. The summed E-state index contributed by atoms with van der Waals surface area (Å²) in [4.78, 5) is 11.5. The maximum atomic E-state index is 13.5. The fourth-order valence-corrected chi connectivity index (χ4v) is 2.31.